The second-order valence-electron chi connectivity index (χ2n) is 7.93. The lowest BCUT2D eigenvalue weighted by Crippen LogP contribution is -2.26. The maximum atomic E-state index is 13.6. The maximum absolute atomic E-state index is 13.6. The minimum atomic E-state index is -0.403. The molecule has 35 heavy (non-hydrogen) atoms. The van der Waals surface area contributed by atoms with Crippen molar-refractivity contribution in [2.75, 3.05) is 5.32 Å². The van der Waals surface area contributed by atoms with Gasteiger partial charge in [-0.15, -0.1) is 11.3 Å². The number of nitrogens with zero attached hydrogens (tertiary/aromatic N) is 3. The van der Waals surface area contributed by atoms with Crippen LogP contribution >= 0.6 is 11.3 Å². The molecule has 6 nitrogen and oxygen atoms in total. The van der Waals surface area contributed by atoms with Crippen LogP contribution in [0.3, 0.4) is 0 Å². The van der Waals surface area contributed by atoms with E-state index in [-0.39, 0.29) is 11.3 Å². The predicted octanol–water partition coefficient (Wildman–Crippen LogP) is 5.91. The van der Waals surface area contributed by atoms with E-state index in [9.17, 15) is 9.59 Å². The third-order valence-electron chi connectivity index (χ3n) is 5.72. The van der Waals surface area contributed by atoms with Crippen molar-refractivity contribution in [1.29, 1.82) is 0 Å². The summed E-state index contributed by atoms with van der Waals surface area (Å²) in [7, 11) is 0. The van der Waals surface area contributed by atoms with Crippen molar-refractivity contribution >= 4 is 43.9 Å². The summed E-state index contributed by atoms with van der Waals surface area (Å²) >= 11 is 1.57. The lowest BCUT2D eigenvalue weighted by Gasteiger charge is -2.13. The molecule has 1 amide bonds. The van der Waals surface area contributed by atoms with Gasteiger partial charge in [-0.25, -0.2) is 4.98 Å². The van der Waals surface area contributed by atoms with Gasteiger partial charge in [-0.2, -0.15) is 9.78 Å². The molecular formula is C28H18N4O2S. The molecule has 0 aliphatic heterocycles. The number of rotatable bonds is 4. The van der Waals surface area contributed by atoms with Crippen LogP contribution < -0.4 is 10.9 Å². The molecule has 2 aromatic heterocycles. The molecule has 0 atom stereocenters. The topological polar surface area (TPSA) is 76.9 Å². The first-order valence-electron chi connectivity index (χ1n) is 11.0. The molecule has 0 fully saturated rings. The van der Waals surface area contributed by atoms with Crippen molar-refractivity contribution in [3.8, 4) is 16.3 Å². The van der Waals surface area contributed by atoms with E-state index >= 15 is 0 Å². The Morgan fingerprint density at radius 1 is 0.771 bits per heavy atom. The fourth-order valence-corrected chi connectivity index (χ4v) is 5.05. The van der Waals surface area contributed by atoms with Gasteiger partial charge in [0.25, 0.3) is 11.5 Å². The second kappa shape index (κ2) is 8.62. The highest BCUT2D eigenvalue weighted by molar-refractivity contribution is 7.21. The molecule has 0 radical (unpaired) electrons. The third kappa shape index (κ3) is 3.78. The molecule has 1 N–H and O–H groups in total. The summed E-state index contributed by atoms with van der Waals surface area (Å²) in [6.45, 7) is 0. The normalized spacial score (nSPS) is 11.1. The smallest absolute Gasteiger partial charge is 0.279 e. The number of nitrogens with one attached hydrogen (secondary N) is 1. The highest BCUT2D eigenvalue weighted by Crippen LogP contribution is 2.34. The monoisotopic (exact) mass is 474 g/mol. The van der Waals surface area contributed by atoms with E-state index in [0.717, 1.165) is 20.8 Å². The number of benzene rings is 4. The van der Waals surface area contributed by atoms with Crippen molar-refractivity contribution in [3.05, 3.63) is 119 Å². The molecule has 4 aromatic carbocycles. The van der Waals surface area contributed by atoms with Crippen LogP contribution in [0.15, 0.2) is 108 Å². The van der Waals surface area contributed by atoms with Gasteiger partial charge in [0.05, 0.1) is 27.0 Å². The summed E-state index contributed by atoms with van der Waals surface area (Å²) in [4.78, 5) is 31.5. The van der Waals surface area contributed by atoms with Crippen LogP contribution in [0.25, 0.3) is 37.2 Å². The highest BCUT2D eigenvalue weighted by Gasteiger charge is 2.19. The van der Waals surface area contributed by atoms with Gasteiger partial charge in [0, 0.05) is 10.9 Å². The van der Waals surface area contributed by atoms with Crippen molar-refractivity contribution in [1.82, 2.24) is 14.8 Å². The highest BCUT2D eigenvalue weighted by atomic mass is 32.1. The number of para-hydroxylation sites is 3. The number of hydrogen-bond acceptors (Lipinski definition) is 5. The Kier molecular flexibility index (Phi) is 5.16. The van der Waals surface area contributed by atoms with Gasteiger partial charge in [0.15, 0.2) is 5.69 Å². The molecule has 7 heteroatoms. The zero-order valence-electron chi connectivity index (χ0n) is 18.4. The quantitative estimate of drug-likeness (QED) is 0.344. The van der Waals surface area contributed by atoms with Gasteiger partial charge in [0.2, 0.25) is 0 Å². The molecule has 0 spiro atoms. The third-order valence-corrected chi connectivity index (χ3v) is 6.79. The van der Waals surface area contributed by atoms with Crippen LogP contribution in [0.5, 0.6) is 0 Å². The molecule has 2 heterocycles. The number of fused-ring (bicyclic) bond motifs is 2. The van der Waals surface area contributed by atoms with Crippen LogP contribution in [0, 0.1) is 0 Å². The number of hydrogen-bond donors (Lipinski definition) is 1. The molecule has 0 saturated heterocycles. The average molecular weight is 475 g/mol. The summed E-state index contributed by atoms with van der Waals surface area (Å²) in [5.41, 5.74) is 2.84. The Morgan fingerprint density at radius 2 is 1.46 bits per heavy atom. The molecule has 0 bridgehead atoms. The first-order valence-corrected chi connectivity index (χ1v) is 11.8. The van der Waals surface area contributed by atoms with E-state index in [2.05, 4.69) is 10.4 Å². The molecule has 168 valence electrons. The Balaban J connectivity index is 1.46. The average Bonchev–Trinajstić information content (AvgIpc) is 3.34. The van der Waals surface area contributed by atoms with E-state index in [1.54, 1.807) is 47.7 Å². The Hall–Kier alpha value is -4.62. The minimum absolute atomic E-state index is 0.170. The van der Waals surface area contributed by atoms with Gasteiger partial charge in [-0.05, 0) is 42.5 Å². The molecule has 0 saturated carbocycles. The summed E-state index contributed by atoms with van der Waals surface area (Å²) < 4.78 is 2.35. The predicted molar refractivity (Wildman–Crippen MR) is 140 cm³/mol. The van der Waals surface area contributed by atoms with Gasteiger partial charge in [-0.3, -0.25) is 9.59 Å². The van der Waals surface area contributed by atoms with Crippen LogP contribution in [0.2, 0.25) is 0 Å². The number of carbonyl (C=O) groups excluding carboxylic acids is 1. The van der Waals surface area contributed by atoms with Crippen molar-refractivity contribution in [2.45, 2.75) is 0 Å². The first-order chi connectivity index (χ1) is 17.2. The molecule has 0 aliphatic rings. The fraction of sp³-hybridized carbons (Fsp3) is 0. The maximum Gasteiger partial charge on any atom is 0.279 e. The van der Waals surface area contributed by atoms with E-state index in [1.165, 1.54) is 4.68 Å². The molecule has 0 aliphatic carbocycles. The van der Waals surface area contributed by atoms with Crippen molar-refractivity contribution in [3.63, 3.8) is 0 Å². The zero-order chi connectivity index (χ0) is 23.8. The van der Waals surface area contributed by atoms with Gasteiger partial charge < -0.3 is 5.32 Å². The molecule has 0 unspecified atom stereocenters. The standard InChI is InChI=1S/C28H18N4O2S/c33-26(29-22-15-7-6-14-21(22)27-30-23-16-8-9-17-24(23)35-27)25-19-12-4-5-13-20(19)28(34)32(31-25)18-10-2-1-3-11-18/h1-17H,(H,29,33). The number of aromatic nitrogens is 3. The van der Waals surface area contributed by atoms with Gasteiger partial charge in [0.1, 0.15) is 5.01 Å². The van der Waals surface area contributed by atoms with Crippen LogP contribution in [0.4, 0.5) is 5.69 Å². The first kappa shape index (κ1) is 20.9. The Labute approximate surface area is 204 Å². The lowest BCUT2D eigenvalue weighted by molar-refractivity contribution is 0.102. The van der Waals surface area contributed by atoms with Crippen LogP contribution in [-0.4, -0.2) is 20.7 Å². The minimum Gasteiger partial charge on any atom is -0.320 e. The summed E-state index contributed by atoms with van der Waals surface area (Å²) in [6, 6.07) is 31.6. The molecule has 6 aromatic rings. The summed E-state index contributed by atoms with van der Waals surface area (Å²) in [5.74, 6) is -0.403. The summed E-state index contributed by atoms with van der Waals surface area (Å²) in [5, 5.41) is 9.23. The second-order valence-corrected chi connectivity index (χ2v) is 8.96. The zero-order valence-corrected chi connectivity index (χ0v) is 19.2. The Bertz CT molecular complexity index is 1740. The Morgan fingerprint density at radius 3 is 2.29 bits per heavy atom. The SMILES string of the molecule is O=C(Nc1ccccc1-c1nc2ccccc2s1)c1nn(-c2ccccc2)c(=O)c2ccccc12. The van der Waals surface area contributed by atoms with Crippen molar-refractivity contribution in [2.24, 2.45) is 0 Å². The number of anilines is 1. The van der Waals surface area contributed by atoms with Crippen LogP contribution in [-0.2, 0) is 0 Å². The fourth-order valence-electron chi connectivity index (χ4n) is 4.05. The number of thiazole rings is 1. The van der Waals surface area contributed by atoms with Gasteiger partial charge in [-0.1, -0.05) is 60.7 Å². The lowest BCUT2D eigenvalue weighted by atomic mass is 10.1. The summed E-state index contributed by atoms with van der Waals surface area (Å²) in [6.07, 6.45) is 0. The molecular weight excluding hydrogens is 456 g/mol. The number of carbonyl (C=O) groups is 1. The number of amides is 1. The van der Waals surface area contributed by atoms with E-state index in [1.807, 2.05) is 66.7 Å². The van der Waals surface area contributed by atoms with E-state index < -0.39 is 5.91 Å². The molecule has 6 rings (SSSR count). The largest absolute Gasteiger partial charge is 0.320 e. The van der Waals surface area contributed by atoms with Crippen molar-refractivity contribution < 1.29 is 4.79 Å². The van der Waals surface area contributed by atoms with Gasteiger partial charge >= 0.3 is 0 Å². The van der Waals surface area contributed by atoms with E-state index in [4.69, 9.17) is 4.98 Å². The van der Waals surface area contributed by atoms with E-state index in [0.29, 0.717) is 22.1 Å². The van der Waals surface area contributed by atoms with Crippen LogP contribution in [0.1, 0.15) is 10.5 Å².